The number of benzene rings is 4. The van der Waals surface area contributed by atoms with Crippen LogP contribution in [0.1, 0.15) is 40.9 Å². The van der Waals surface area contributed by atoms with Gasteiger partial charge in [-0.25, -0.2) is 4.79 Å². The lowest BCUT2D eigenvalue weighted by molar-refractivity contribution is -0.141. The first-order chi connectivity index (χ1) is 20.3. The smallest absolute Gasteiger partial charge is 0.328 e. The Balaban J connectivity index is 1.40. The van der Waals surface area contributed by atoms with Crippen LogP contribution in [0.4, 0.5) is 11.4 Å². The summed E-state index contributed by atoms with van der Waals surface area (Å²) in [6.45, 7) is 8.83. The Morgan fingerprint density at radius 2 is 1.57 bits per heavy atom. The molecule has 0 aromatic heterocycles. The Kier molecular flexibility index (Phi) is 10.8. The molecule has 1 atom stereocenters. The SMILES string of the molecule is COC(=O)[C@H](Cc1ccc(OCCN(CC(C)C)c2cccc(C)c2)cc1)Nc1ccccc1C(=O)c1ccccc1. The van der Waals surface area contributed by atoms with Crippen LogP contribution in [0.3, 0.4) is 0 Å². The van der Waals surface area contributed by atoms with E-state index < -0.39 is 12.0 Å². The Labute approximate surface area is 249 Å². The Hall–Kier alpha value is -4.58. The number of nitrogens with zero attached hydrogens (tertiary/aromatic N) is 1. The van der Waals surface area contributed by atoms with Crippen LogP contribution in [0, 0.1) is 12.8 Å². The molecule has 0 aliphatic heterocycles. The van der Waals surface area contributed by atoms with Gasteiger partial charge < -0.3 is 19.7 Å². The molecular formula is C36H40N2O4. The number of esters is 1. The molecule has 6 nitrogen and oxygen atoms in total. The van der Waals surface area contributed by atoms with Crippen molar-refractivity contribution in [3.63, 3.8) is 0 Å². The Morgan fingerprint density at radius 3 is 2.26 bits per heavy atom. The summed E-state index contributed by atoms with van der Waals surface area (Å²) in [5.41, 5.74) is 5.06. The number of aryl methyl sites for hydroxylation is 1. The quantitative estimate of drug-likeness (QED) is 0.132. The second kappa shape index (κ2) is 14.9. The van der Waals surface area contributed by atoms with Crippen molar-refractivity contribution in [1.29, 1.82) is 0 Å². The lowest BCUT2D eigenvalue weighted by Crippen LogP contribution is -2.33. The van der Waals surface area contributed by atoms with Crippen molar-refractivity contribution in [2.75, 3.05) is 37.0 Å². The largest absolute Gasteiger partial charge is 0.492 e. The number of hydrogen-bond donors (Lipinski definition) is 1. The van der Waals surface area contributed by atoms with E-state index in [0.717, 1.165) is 24.4 Å². The molecule has 218 valence electrons. The minimum absolute atomic E-state index is 0.113. The van der Waals surface area contributed by atoms with E-state index in [9.17, 15) is 9.59 Å². The second-order valence-electron chi connectivity index (χ2n) is 10.8. The second-order valence-corrected chi connectivity index (χ2v) is 10.8. The highest BCUT2D eigenvalue weighted by Gasteiger charge is 2.22. The van der Waals surface area contributed by atoms with Gasteiger partial charge in [0, 0.05) is 35.5 Å². The van der Waals surface area contributed by atoms with Gasteiger partial charge in [0.25, 0.3) is 0 Å². The molecule has 4 aromatic rings. The van der Waals surface area contributed by atoms with E-state index in [4.69, 9.17) is 9.47 Å². The van der Waals surface area contributed by atoms with E-state index >= 15 is 0 Å². The number of anilines is 2. The lowest BCUT2D eigenvalue weighted by atomic mass is 10.00. The van der Waals surface area contributed by atoms with Crippen molar-refractivity contribution in [2.24, 2.45) is 5.92 Å². The van der Waals surface area contributed by atoms with E-state index in [1.54, 1.807) is 18.2 Å². The monoisotopic (exact) mass is 564 g/mol. The molecule has 0 aliphatic rings. The van der Waals surface area contributed by atoms with E-state index in [1.807, 2.05) is 60.7 Å². The number of ketones is 1. The third-order valence-electron chi connectivity index (χ3n) is 6.97. The summed E-state index contributed by atoms with van der Waals surface area (Å²) in [5.74, 6) is 0.787. The van der Waals surface area contributed by atoms with Gasteiger partial charge in [0.05, 0.1) is 13.7 Å². The molecule has 0 heterocycles. The zero-order chi connectivity index (χ0) is 29.9. The van der Waals surface area contributed by atoms with E-state index in [1.165, 1.54) is 18.4 Å². The number of carbonyl (C=O) groups excluding carboxylic acids is 2. The van der Waals surface area contributed by atoms with Crippen molar-refractivity contribution in [2.45, 2.75) is 33.2 Å². The fourth-order valence-corrected chi connectivity index (χ4v) is 4.90. The maximum Gasteiger partial charge on any atom is 0.328 e. The number of methoxy groups -OCH3 is 1. The van der Waals surface area contributed by atoms with Gasteiger partial charge in [-0.05, 0) is 60.4 Å². The summed E-state index contributed by atoms with van der Waals surface area (Å²) in [7, 11) is 1.37. The number of hydrogen-bond acceptors (Lipinski definition) is 6. The average molecular weight is 565 g/mol. The van der Waals surface area contributed by atoms with E-state index in [-0.39, 0.29) is 5.78 Å². The molecule has 0 amide bonds. The van der Waals surface area contributed by atoms with Gasteiger partial charge in [-0.3, -0.25) is 4.79 Å². The van der Waals surface area contributed by atoms with Crippen LogP contribution >= 0.6 is 0 Å². The van der Waals surface area contributed by atoms with Crippen LogP contribution in [-0.2, 0) is 16.0 Å². The summed E-state index contributed by atoms with van der Waals surface area (Å²) < 4.78 is 11.2. The number of nitrogens with one attached hydrogen (secondary N) is 1. The maximum absolute atomic E-state index is 13.2. The molecule has 6 heteroatoms. The van der Waals surface area contributed by atoms with Crippen LogP contribution in [0.15, 0.2) is 103 Å². The van der Waals surface area contributed by atoms with Crippen LogP contribution in [0.25, 0.3) is 0 Å². The fraction of sp³-hybridized carbons (Fsp3) is 0.278. The average Bonchev–Trinajstić information content (AvgIpc) is 3.01. The first-order valence-corrected chi connectivity index (χ1v) is 14.4. The molecule has 0 radical (unpaired) electrons. The zero-order valence-corrected chi connectivity index (χ0v) is 24.9. The normalized spacial score (nSPS) is 11.5. The minimum atomic E-state index is -0.676. The van der Waals surface area contributed by atoms with Gasteiger partial charge in [-0.15, -0.1) is 0 Å². The molecule has 4 aromatic carbocycles. The highest BCUT2D eigenvalue weighted by molar-refractivity contribution is 6.12. The summed E-state index contributed by atoms with van der Waals surface area (Å²) in [6.07, 6.45) is 0.385. The first kappa shape index (κ1) is 30.4. The topological polar surface area (TPSA) is 67.9 Å². The molecular weight excluding hydrogens is 524 g/mol. The molecule has 0 unspecified atom stereocenters. The minimum Gasteiger partial charge on any atom is -0.492 e. The van der Waals surface area contributed by atoms with E-state index in [2.05, 4.69) is 55.3 Å². The van der Waals surface area contributed by atoms with Gasteiger partial charge in [0.1, 0.15) is 18.4 Å². The molecule has 0 fully saturated rings. The van der Waals surface area contributed by atoms with Crippen molar-refractivity contribution < 1.29 is 19.1 Å². The predicted molar refractivity (Wildman–Crippen MR) is 170 cm³/mol. The molecule has 1 N–H and O–H groups in total. The highest BCUT2D eigenvalue weighted by atomic mass is 16.5. The predicted octanol–water partition coefficient (Wildman–Crippen LogP) is 6.96. The van der Waals surface area contributed by atoms with Gasteiger partial charge in [-0.2, -0.15) is 0 Å². The summed E-state index contributed by atoms with van der Waals surface area (Å²) in [5, 5.41) is 3.26. The third kappa shape index (κ3) is 8.46. The number of rotatable bonds is 14. The van der Waals surface area contributed by atoms with Gasteiger partial charge >= 0.3 is 5.97 Å². The van der Waals surface area contributed by atoms with Crippen molar-refractivity contribution in [3.8, 4) is 5.75 Å². The Morgan fingerprint density at radius 1 is 0.857 bits per heavy atom. The van der Waals surface area contributed by atoms with Crippen LogP contribution in [0.5, 0.6) is 5.75 Å². The molecule has 42 heavy (non-hydrogen) atoms. The number of para-hydroxylation sites is 1. The summed E-state index contributed by atoms with van der Waals surface area (Å²) >= 11 is 0. The lowest BCUT2D eigenvalue weighted by Gasteiger charge is -2.27. The molecule has 4 rings (SSSR count). The summed E-state index contributed by atoms with van der Waals surface area (Å²) in [4.78, 5) is 28.3. The zero-order valence-electron chi connectivity index (χ0n) is 24.9. The van der Waals surface area contributed by atoms with Gasteiger partial charge in [0.2, 0.25) is 0 Å². The van der Waals surface area contributed by atoms with Crippen molar-refractivity contribution in [1.82, 2.24) is 0 Å². The Bertz CT molecular complexity index is 1450. The third-order valence-corrected chi connectivity index (χ3v) is 6.97. The molecule has 0 aliphatic carbocycles. The van der Waals surface area contributed by atoms with Gasteiger partial charge in [0.15, 0.2) is 5.78 Å². The van der Waals surface area contributed by atoms with Crippen molar-refractivity contribution >= 4 is 23.1 Å². The highest BCUT2D eigenvalue weighted by Crippen LogP contribution is 2.23. The molecule has 0 bridgehead atoms. The van der Waals surface area contributed by atoms with Crippen molar-refractivity contribution in [3.05, 3.63) is 125 Å². The van der Waals surface area contributed by atoms with Crippen LogP contribution in [-0.4, -0.2) is 44.6 Å². The standard InChI is InChI=1S/C36H40N2O4/c1-26(2)25-38(30-14-10-11-27(3)23-30)21-22-42-31-19-17-28(18-20-31)24-34(36(40)41-4)37-33-16-9-8-15-32(33)35(39)29-12-6-5-7-13-29/h5-20,23,26,34,37H,21-22,24-25H2,1-4H3/t34-/m0/s1. The van der Waals surface area contributed by atoms with Crippen LogP contribution in [0.2, 0.25) is 0 Å². The maximum atomic E-state index is 13.2. The fourth-order valence-electron chi connectivity index (χ4n) is 4.90. The van der Waals surface area contributed by atoms with Crippen LogP contribution < -0.4 is 15.0 Å². The number of ether oxygens (including phenoxy) is 2. The summed E-state index contributed by atoms with van der Waals surface area (Å²) in [6, 6.07) is 32.0. The van der Waals surface area contributed by atoms with Gasteiger partial charge in [-0.1, -0.05) is 80.6 Å². The molecule has 0 spiro atoms. The number of carbonyl (C=O) groups is 2. The molecule has 0 saturated heterocycles. The first-order valence-electron chi connectivity index (χ1n) is 14.4. The molecule has 0 saturated carbocycles. The van der Waals surface area contributed by atoms with E-state index in [0.29, 0.717) is 35.8 Å².